The summed E-state index contributed by atoms with van der Waals surface area (Å²) in [5.41, 5.74) is -0.168. The molecule has 1 aromatic rings. The Kier molecular flexibility index (Phi) is 5.41. The van der Waals surface area contributed by atoms with Gasteiger partial charge in [-0.05, 0) is 25.3 Å². The van der Waals surface area contributed by atoms with E-state index in [1.165, 1.54) is 43.4 Å². The topological polar surface area (TPSA) is 62.6 Å². The number of nitrogens with zero attached hydrogens (tertiary/aromatic N) is 3. The van der Waals surface area contributed by atoms with Gasteiger partial charge in [0, 0.05) is 38.9 Å². The van der Waals surface area contributed by atoms with Crippen molar-refractivity contribution in [2.75, 3.05) is 20.6 Å². The lowest BCUT2D eigenvalue weighted by Crippen LogP contribution is -2.42. The predicted molar refractivity (Wildman–Crippen MR) is 86.2 cm³/mol. The van der Waals surface area contributed by atoms with E-state index in [1.54, 1.807) is 0 Å². The lowest BCUT2D eigenvalue weighted by molar-refractivity contribution is 0.105. The van der Waals surface area contributed by atoms with Crippen molar-refractivity contribution in [2.45, 2.75) is 50.2 Å². The first kappa shape index (κ1) is 17.2. The van der Waals surface area contributed by atoms with Gasteiger partial charge in [0.05, 0.1) is 11.6 Å². The fraction of sp³-hybridized carbons (Fsp3) is 0.667. The molecule has 0 N–H and O–H groups in total. The van der Waals surface area contributed by atoms with Crippen LogP contribution < -0.4 is 5.56 Å². The Morgan fingerprint density at radius 2 is 2.00 bits per heavy atom. The normalized spacial score (nSPS) is 20.5. The molecule has 6 nitrogen and oxygen atoms in total. The van der Waals surface area contributed by atoms with Gasteiger partial charge < -0.3 is 4.57 Å². The van der Waals surface area contributed by atoms with Crippen LogP contribution in [0.5, 0.6) is 0 Å². The van der Waals surface area contributed by atoms with Gasteiger partial charge in [-0.25, -0.2) is 12.7 Å². The van der Waals surface area contributed by atoms with E-state index in [4.69, 9.17) is 0 Å². The lowest BCUT2D eigenvalue weighted by Gasteiger charge is -2.35. The highest BCUT2D eigenvalue weighted by atomic mass is 32.2. The second kappa shape index (κ2) is 6.93. The van der Waals surface area contributed by atoms with Crippen LogP contribution in [0.3, 0.4) is 0 Å². The van der Waals surface area contributed by atoms with Gasteiger partial charge >= 0.3 is 0 Å². The van der Waals surface area contributed by atoms with Crippen LogP contribution >= 0.6 is 0 Å². The van der Waals surface area contributed by atoms with E-state index in [2.05, 4.69) is 11.8 Å². The molecule has 7 heteroatoms. The summed E-state index contributed by atoms with van der Waals surface area (Å²) >= 11 is 0. The molecule has 1 aliphatic heterocycles. The minimum absolute atomic E-state index is 0.155. The van der Waals surface area contributed by atoms with Crippen LogP contribution in [0, 0.1) is 0 Å². The van der Waals surface area contributed by atoms with E-state index in [0.29, 0.717) is 12.7 Å². The van der Waals surface area contributed by atoms with E-state index in [0.717, 1.165) is 30.1 Å². The van der Waals surface area contributed by atoms with Crippen molar-refractivity contribution in [3.05, 3.63) is 28.7 Å². The molecule has 1 fully saturated rings. The first-order valence-electron chi connectivity index (χ1n) is 7.73. The summed E-state index contributed by atoms with van der Waals surface area (Å²) in [5.74, 6) is 0. The van der Waals surface area contributed by atoms with Crippen LogP contribution in [-0.4, -0.2) is 48.9 Å². The highest BCUT2D eigenvalue weighted by molar-refractivity contribution is 7.89. The van der Waals surface area contributed by atoms with E-state index >= 15 is 0 Å². The van der Waals surface area contributed by atoms with E-state index in [9.17, 15) is 13.2 Å². The van der Waals surface area contributed by atoms with Gasteiger partial charge in [-0.1, -0.05) is 13.3 Å². The third-order valence-corrected chi connectivity index (χ3v) is 6.09. The van der Waals surface area contributed by atoms with Gasteiger partial charge in [-0.2, -0.15) is 0 Å². The second-order valence-electron chi connectivity index (χ2n) is 5.97. The van der Waals surface area contributed by atoms with Gasteiger partial charge in [0.1, 0.15) is 0 Å². The van der Waals surface area contributed by atoms with Crippen molar-refractivity contribution in [2.24, 2.45) is 0 Å². The smallest absolute Gasteiger partial charge is 0.251 e. The molecule has 1 aromatic heterocycles. The summed E-state index contributed by atoms with van der Waals surface area (Å²) in [4.78, 5) is 14.5. The molecular weight excluding hydrogens is 302 g/mol. The number of hydrogen-bond acceptors (Lipinski definition) is 4. The van der Waals surface area contributed by atoms with Crippen LogP contribution in [0.1, 0.15) is 32.6 Å². The number of likely N-dealkylation sites (tertiary alicyclic amines) is 1. The summed E-state index contributed by atoms with van der Waals surface area (Å²) in [6.45, 7) is 3.56. The molecule has 0 unspecified atom stereocenters. The van der Waals surface area contributed by atoms with Gasteiger partial charge in [-0.15, -0.1) is 0 Å². The maximum absolute atomic E-state index is 12.2. The van der Waals surface area contributed by atoms with Crippen LogP contribution in [0.4, 0.5) is 0 Å². The van der Waals surface area contributed by atoms with E-state index < -0.39 is 10.0 Å². The molecule has 0 bridgehead atoms. The summed E-state index contributed by atoms with van der Waals surface area (Å²) < 4.78 is 27.1. The van der Waals surface area contributed by atoms with Gasteiger partial charge in [0.15, 0.2) is 0 Å². The van der Waals surface area contributed by atoms with Crippen molar-refractivity contribution in [3.8, 4) is 0 Å². The van der Waals surface area contributed by atoms with Crippen molar-refractivity contribution < 1.29 is 8.42 Å². The average molecular weight is 327 g/mol. The van der Waals surface area contributed by atoms with E-state index in [-0.39, 0.29) is 10.5 Å². The highest BCUT2D eigenvalue weighted by Crippen LogP contribution is 2.20. The van der Waals surface area contributed by atoms with Crippen molar-refractivity contribution in [3.63, 3.8) is 0 Å². The molecule has 2 heterocycles. The maximum atomic E-state index is 12.2. The number of pyridine rings is 1. The molecule has 2 rings (SSSR count). The van der Waals surface area contributed by atoms with Gasteiger partial charge in [-0.3, -0.25) is 9.69 Å². The molecule has 1 saturated heterocycles. The standard InChI is InChI=1S/C15H25N3O3S/c1-4-13-7-5-6-10-17(13)12-18-11-14(8-9-15(18)19)22(20,21)16(2)3/h8-9,11,13H,4-7,10,12H2,1-3H3/t13-/m0/s1. The molecule has 22 heavy (non-hydrogen) atoms. The first-order chi connectivity index (χ1) is 10.4. The molecular formula is C15H25N3O3S. The molecule has 0 aromatic carbocycles. The Hall–Kier alpha value is -1.18. The minimum Gasteiger partial charge on any atom is -0.301 e. The summed E-state index contributed by atoms with van der Waals surface area (Å²) in [7, 11) is -0.544. The third-order valence-electron chi connectivity index (χ3n) is 4.29. The quantitative estimate of drug-likeness (QED) is 0.818. The molecule has 0 saturated carbocycles. The maximum Gasteiger partial charge on any atom is 0.251 e. The van der Waals surface area contributed by atoms with Crippen molar-refractivity contribution in [1.82, 2.24) is 13.8 Å². The Balaban J connectivity index is 2.29. The molecule has 124 valence electrons. The van der Waals surface area contributed by atoms with Crippen LogP contribution in [0.25, 0.3) is 0 Å². The zero-order valence-electron chi connectivity index (χ0n) is 13.5. The third kappa shape index (κ3) is 3.59. The number of sulfonamides is 1. The van der Waals surface area contributed by atoms with Crippen LogP contribution in [0.2, 0.25) is 0 Å². The molecule has 1 aliphatic rings. The summed E-state index contributed by atoms with van der Waals surface area (Å²) in [6.07, 6.45) is 5.99. The summed E-state index contributed by atoms with van der Waals surface area (Å²) in [6, 6.07) is 3.18. The van der Waals surface area contributed by atoms with E-state index in [1.807, 2.05) is 0 Å². The highest BCUT2D eigenvalue weighted by Gasteiger charge is 2.22. The fourth-order valence-electron chi connectivity index (χ4n) is 2.89. The fourth-order valence-corrected chi connectivity index (χ4v) is 3.81. The Bertz CT molecular complexity index is 667. The Morgan fingerprint density at radius 3 is 2.64 bits per heavy atom. The largest absolute Gasteiger partial charge is 0.301 e. The zero-order chi connectivity index (χ0) is 16.3. The van der Waals surface area contributed by atoms with Crippen molar-refractivity contribution >= 4 is 10.0 Å². The van der Waals surface area contributed by atoms with Crippen LogP contribution in [-0.2, 0) is 16.7 Å². The lowest BCUT2D eigenvalue weighted by atomic mass is 10.0. The molecule has 0 radical (unpaired) electrons. The average Bonchev–Trinajstić information content (AvgIpc) is 2.49. The minimum atomic E-state index is -3.52. The monoisotopic (exact) mass is 327 g/mol. The summed E-state index contributed by atoms with van der Waals surface area (Å²) in [5, 5.41) is 0. The van der Waals surface area contributed by atoms with Gasteiger partial charge in [0.25, 0.3) is 5.56 Å². The number of hydrogen-bond donors (Lipinski definition) is 0. The molecule has 0 spiro atoms. The van der Waals surface area contributed by atoms with Crippen molar-refractivity contribution in [1.29, 1.82) is 0 Å². The Labute approximate surface area is 132 Å². The molecule has 0 amide bonds. The number of piperidine rings is 1. The number of aromatic nitrogens is 1. The molecule has 0 aliphatic carbocycles. The zero-order valence-corrected chi connectivity index (χ0v) is 14.3. The number of rotatable bonds is 5. The first-order valence-corrected chi connectivity index (χ1v) is 9.17. The SMILES string of the molecule is CC[C@H]1CCCCN1Cn1cc(S(=O)(=O)N(C)C)ccc1=O. The predicted octanol–water partition coefficient (Wildman–Crippen LogP) is 1.32. The second-order valence-corrected chi connectivity index (χ2v) is 8.12. The molecule has 1 atom stereocenters. The Morgan fingerprint density at radius 1 is 1.27 bits per heavy atom. The van der Waals surface area contributed by atoms with Gasteiger partial charge in [0.2, 0.25) is 10.0 Å². The van der Waals surface area contributed by atoms with Crippen LogP contribution in [0.15, 0.2) is 28.0 Å².